The number of anilines is 1. The first-order valence-electron chi connectivity index (χ1n) is 8.65. The summed E-state index contributed by atoms with van der Waals surface area (Å²) in [6, 6.07) is 7.84. The summed E-state index contributed by atoms with van der Waals surface area (Å²) in [5.41, 5.74) is 1.84. The number of nitrogens with zero attached hydrogens (tertiary/aromatic N) is 3. The van der Waals surface area contributed by atoms with Gasteiger partial charge in [-0.25, -0.2) is 19.2 Å². The van der Waals surface area contributed by atoms with E-state index >= 15 is 0 Å². The van der Waals surface area contributed by atoms with Crippen LogP contribution in [0.2, 0.25) is 0 Å². The number of carboxylic acids is 1. The minimum Gasteiger partial charge on any atom is -0.497 e. The van der Waals surface area contributed by atoms with E-state index in [-0.39, 0.29) is 0 Å². The van der Waals surface area contributed by atoms with E-state index in [1.165, 1.54) is 12.4 Å². The maximum absolute atomic E-state index is 14.2. The van der Waals surface area contributed by atoms with E-state index in [0.717, 1.165) is 11.6 Å². The first-order valence-corrected chi connectivity index (χ1v) is 8.65. The van der Waals surface area contributed by atoms with E-state index in [1.807, 2.05) is 12.1 Å². The Kier molecular flexibility index (Phi) is 4.63. The second-order valence-electron chi connectivity index (χ2n) is 6.27. The number of carboxylic acid groups (broad SMARTS) is 1. The molecule has 29 heavy (non-hydrogen) atoms. The quantitative estimate of drug-likeness (QED) is 0.516. The Labute approximate surface area is 164 Å². The van der Waals surface area contributed by atoms with E-state index in [9.17, 15) is 14.3 Å². The van der Waals surface area contributed by atoms with Gasteiger partial charge in [-0.1, -0.05) is 0 Å². The van der Waals surface area contributed by atoms with Crippen LogP contribution in [0.4, 0.5) is 10.2 Å². The number of hydrogen-bond acceptors (Lipinski definition) is 6. The third-order valence-corrected chi connectivity index (χ3v) is 4.61. The van der Waals surface area contributed by atoms with Crippen LogP contribution in [-0.4, -0.2) is 39.7 Å². The van der Waals surface area contributed by atoms with Gasteiger partial charge in [-0.05, 0) is 18.2 Å². The molecule has 4 rings (SSSR count). The maximum Gasteiger partial charge on any atom is 0.338 e. The van der Waals surface area contributed by atoms with Crippen molar-refractivity contribution in [3.05, 3.63) is 59.8 Å². The van der Waals surface area contributed by atoms with Crippen LogP contribution in [0.25, 0.3) is 16.6 Å². The summed E-state index contributed by atoms with van der Waals surface area (Å²) in [6.07, 6.45) is 3.13. The number of aromatic carboxylic acids is 1. The van der Waals surface area contributed by atoms with Crippen molar-refractivity contribution in [2.75, 3.05) is 19.5 Å². The fourth-order valence-electron chi connectivity index (χ4n) is 3.14. The summed E-state index contributed by atoms with van der Waals surface area (Å²) < 4.78 is 26.4. The van der Waals surface area contributed by atoms with Gasteiger partial charge >= 0.3 is 5.97 Å². The van der Waals surface area contributed by atoms with Crippen molar-refractivity contribution in [3.63, 3.8) is 0 Å². The number of hydrogen-bond donors (Lipinski definition) is 2. The molecule has 0 aliphatic rings. The SMILES string of the molecule is COc1ccc(CNc2nc3cc(F)c(C(=O)O)cc3n3cncc23)c(OC)c1. The number of methoxy groups -OCH3 is 2. The van der Waals surface area contributed by atoms with Gasteiger partial charge < -0.3 is 19.9 Å². The fourth-order valence-corrected chi connectivity index (χ4v) is 3.14. The second kappa shape index (κ2) is 7.27. The van der Waals surface area contributed by atoms with Crippen LogP contribution < -0.4 is 14.8 Å². The van der Waals surface area contributed by atoms with Gasteiger partial charge in [-0.3, -0.25) is 4.40 Å². The molecule has 0 aliphatic heterocycles. The fraction of sp³-hybridized carbons (Fsp3) is 0.150. The van der Waals surface area contributed by atoms with E-state index in [4.69, 9.17) is 9.47 Å². The number of ether oxygens (including phenoxy) is 2. The van der Waals surface area contributed by atoms with E-state index in [2.05, 4.69) is 15.3 Å². The predicted molar refractivity (Wildman–Crippen MR) is 104 cm³/mol. The topological polar surface area (TPSA) is 98.0 Å². The smallest absolute Gasteiger partial charge is 0.338 e. The molecule has 0 unspecified atom stereocenters. The van der Waals surface area contributed by atoms with Gasteiger partial charge in [0.2, 0.25) is 0 Å². The van der Waals surface area contributed by atoms with Gasteiger partial charge in [0.25, 0.3) is 0 Å². The number of aromatic nitrogens is 3. The van der Waals surface area contributed by atoms with Crippen LogP contribution in [-0.2, 0) is 6.54 Å². The number of nitrogens with one attached hydrogen (secondary N) is 1. The summed E-state index contributed by atoms with van der Waals surface area (Å²) in [6.45, 7) is 0.391. The number of carbonyl (C=O) groups is 1. The number of benzene rings is 2. The number of imidazole rings is 1. The lowest BCUT2D eigenvalue weighted by molar-refractivity contribution is 0.0692. The summed E-state index contributed by atoms with van der Waals surface area (Å²) in [5.74, 6) is -0.377. The summed E-state index contributed by atoms with van der Waals surface area (Å²) >= 11 is 0. The molecule has 0 aliphatic carbocycles. The van der Waals surface area contributed by atoms with Gasteiger partial charge in [-0.15, -0.1) is 0 Å². The molecular weight excluding hydrogens is 379 g/mol. The molecule has 9 heteroatoms. The molecular formula is C20H17FN4O4. The van der Waals surface area contributed by atoms with Crippen molar-refractivity contribution in [2.45, 2.75) is 6.54 Å². The van der Waals surface area contributed by atoms with Gasteiger partial charge in [0.1, 0.15) is 22.8 Å². The zero-order valence-corrected chi connectivity index (χ0v) is 15.6. The minimum absolute atomic E-state index is 0.308. The third kappa shape index (κ3) is 3.27. The lowest BCUT2D eigenvalue weighted by Crippen LogP contribution is -2.07. The monoisotopic (exact) mass is 396 g/mol. The molecule has 2 heterocycles. The standard InChI is InChI=1S/C20H17FN4O4/c1-28-12-4-3-11(18(5-12)29-2)8-23-19-17-9-22-10-25(17)16-6-13(20(26)27)14(21)7-15(16)24-19/h3-7,9-10H,8H2,1-2H3,(H,23,24)(H,26,27). The Hall–Kier alpha value is -3.88. The highest BCUT2D eigenvalue weighted by atomic mass is 19.1. The number of fused-ring (bicyclic) bond motifs is 3. The first kappa shape index (κ1) is 18.5. The Morgan fingerprint density at radius 1 is 1.21 bits per heavy atom. The summed E-state index contributed by atoms with van der Waals surface area (Å²) in [5, 5.41) is 12.4. The Balaban J connectivity index is 1.75. The molecule has 4 aromatic rings. The van der Waals surface area contributed by atoms with Crippen molar-refractivity contribution < 1.29 is 23.8 Å². The molecule has 148 valence electrons. The third-order valence-electron chi connectivity index (χ3n) is 4.61. The molecule has 0 radical (unpaired) electrons. The average molecular weight is 396 g/mol. The molecule has 8 nitrogen and oxygen atoms in total. The zero-order valence-electron chi connectivity index (χ0n) is 15.6. The zero-order chi connectivity index (χ0) is 20.5. The molecule has 0 atom stereocenters. The van der Waals surface area contributed by atoms with Gasteiger partial charge in [0.05, 0.1) is 43.3 Å². The molecule has 0 spiro atoms. The van der Waals surface area contributed by atoms with Crippen molar-refractivity contribution in [3.8, 4) is 11.5 Å². The van der Waals surface area contributed by atoms with Crippen LogP contribution in [0.3, 0.4) is 0 Å². The molecule has 0 bridgehead atoms. The van der Waals surface area contributed by atoms with Crippen LogP contribution in [0.1, 0.15) is 15.9 Å². The second-order valence-corrected chi connectivity index (χ2v) is 6.27. The highest BCUT2D eigenvalue weighted by Crippen LogP contribution is 2.27. The molecule has 0 saturated heterocycles. The Bertz CT molecular complexity index is 1240. The first-order chi connectivity index (χ1) is 14.0. The predicted octanol–water partition coefficient (Wildman–Crippen LogP) is 3.35. The molecule has 2 N–H and O–H groups in total. The minimum atomic E-state index is -1.34. The van der Waals surface area contributed by atoms with Crippen LogP contribution >= 0.6 is 0 Å². The Morgan fingerprint density at radius 3 is 2.76 bits per heavy atom. The highest BCUT2D eigenvalue weighted by Gasteiger charge is 2.16. The van der Waals surface area contributed by atoms with Gasteiger partial charge in [0.15, 0.2) is 5.82 Å². The molecule has 2 aromatic heterocycles. The lowest BCUT2D eigenvalue weighted by atomic mass is 10.1. The van der Waals surface area contributed by atoms with Crippen molar-refractivity contribution >= 4 is 28.3 Å². The van der Waals surface area contributed by atoms with Crippen LogP contribution in [0.15, 0.2) is 42.9 Å². The number of rotatable bonds is 6. The maximum atomic E-state index is 14.2. The molecule has 0 amide bonds. The number of halogens is 1. The van der Waals surface area contributed by atoms with E-state index in [0.29, 0.717) is 40.4 Å². The van der Waals surface area contributed by atoms with Crippen molar-refractivity contribution in [1.29, 1.82) is 0 Å². The normalized spacial score (nSPS) is 11.0. The Morgan fingerprint density at radius 2 is 2.03 bits per heavy atom. The molecule has 0 saturated carbocycles. The van der Waals surface area contributed by atoms with Crippen molar-refractivity contribution in [1.82, 2.24) is 14.4 Å². The van der Waals surface area contributed by atoms with Gasteiger partial charge in [0, 0.05) is 24.2 Å². The van der Waals surface area contributed by atoms with E-state index in [1.54, 1.807) is 30.9 Å². The lowest BCUT2D eigenvalue weighted by Gasteiger charge is -2.13. The summed E-state index contributed by atoms with van der Waals surface area (Å²) in [4.78, 5) is 19.8. The highest BCUT2D eigenvalue weighted by molar-refractivity contribution is 5.94. The molecule has 0 fully saturated rings. The van der Waals surface area contributed by atoms with E-state index < -0.39 is 17.3 Å². The molecule has 2 aromatic carbocycles. The van der Waals surface area contributed by atoms with Crippen molar-refractivity contribution in [2.24, 2.45) is 0 Å². The van der Waals surface area contributed by atoms with Crippen LogP contribution in [0, 0.1) is 5.82 Å². The van der Waals surface area contributed by atoms with Crippen LogP contribution in [0.5, 0.6) is 11.5 Å². The summed E-state index contributed by atoms with van der Waals surface area (Å²) in [7, 11) is 3.15. The largest absolute Gasteiger partial charge is 0.497 e. The average Bonchev–Trinajstić information content (AvgIpc) is 3.21. The van der Waals surface area contributed by atoms with Gasteiger partial charge in [-0.2, -0.15) is 0 Å².